The summed E-state index contributed by atoms with van der Waals surface area (Å²) in [5.41, 5.74) is 0.486. The first-order valence-corrected chi connectivity index (χ1v) is 8.64. The largest absolute Gasteiger partial charge is 0.459 e. The number of nitrogens with one attached hydrogen (secondary N) is 2. The van der Waals surface area contributed by atoms with Gasteiger partial charge in [-0.2, -0.15) is 0 Å². The van der Waals surface area contributed by atoms with Crippen molar-refractivity contribution in [2.45, 2.75) is 50.7 Å². The van der Waals surface area contributed by atoms with Gasteiger partial charge in [0, 0.05) is 23.5 Å². The molecule has 0 saturated carbocycles. The lowest BCUT2D eigenvalue weighted by molar-refractivity contribution is 0.0919. The van der Waals surface area contributed by atoms with Gasteiger partial charge in [-0.3, -0.25) is 4.79 Å². The lowest BCUT2D eigenvalue weighted by Gasteiger charge is -2.29. The van der Waals surface area contributed by atoms with E-state index in [1.165, 1.54) is 24.2 Å². The zero-order valence-electron chi connectivity index (χ0n) is 12.5. The van der Waals surface area contributed by atoms with Gasteiger partial charge in [0.25, 0.3) is 5.91 Å². The summed E-state index contributed by atoms with van der Waals surface area (Å²) >= 11 is 1.44. The molecular formula is C16H19N3O2S. The second-order valence-corrected chi connectivity index (χ2v) is 7.09. The Balaban J connectivity index is 1.43. The molecule has 2 aromatic heterocycles. The number of carbonyl (C=O) groups excluding carboxylic acids is 1. The lowest BCUT2D eigenvalue weighted by atomic mass is 10.00. The van der Waals surface area contributed by atoms with Gasteiger partial charge in [0.2, 0.25) is 0 Å². The van der Waals surface area contributed by atoms with E-state index in [2.05, 4.69) is 15.6 Å². The molecule has 0 aliphatic carbocycles. The summed E-state index contributed by atoms with van der Waals surface area (Å²) in [6, 6.07) is 5.20. The van der Waals surface area contributed by atoms with Crippen molar-refractivity contribution in [2.24, 2.45) is 0 Å². The molecule has 2 unspecified atom stereocenters. The van der Waals surface area contributed by atoms with E-state index in [4.69, 9.17) is 4.42 Å². The van der Waals surface area contributed by atoms with Crippen LogP contribution in [0.4, 0.5) is 0 Å². The van der Waals surface area contributed by atoms with Crippen molar-refractivity contribution in [3.8, 4) is 10.8 Å². The van der Waals surface area contributed by atoms with Crippen LogP contribution in [-0.2, 0) is 0 Å². The Bertz CT molecular complexity index is 681. The molecule has 6 heteroatoms. The molecule has 1 amide bonds. The first-order valence-electron chi connectivity index (χ1n) is 7.76. The minimum absolute atomic E-state index is 0.0721. The molecule has 5 nitrogen and oxygen atoms in total. The number of carbonyl (C=O) groups is 1. The zero-order valence-corrected chi connectivity index (χ0v) is 13.3. The van der Waals surface area contributed by atoms with E-state index in [-0.39, 0.29) is 11.9 Å². The highest BCUT2D eigenvalue weighted by Gasteiger charge is 2.34. The molecule has 4 rings (SSSR count). The van der Waals surface area contributed by atoms with Gasteiger partial charge in [-0.15, -0.1) is 11.3 Å². The molecule has 2 aliphatic heterocycles. The van der Waals surface area contributed by atoms with Gasteiger partial charge < -0.3 is 15.1 Å². The molecule has 116 valence electrons. The van der Waals surface area contributed by atoms with Crippen LogP contribution in [0, 0.1) is 6.92 Å². The van der Waals surface area contributed by atoms with Crippen molar-refractivity contribution in [1.82, 2.24) is 15.6 Å². The van der Waals surface area contributed by atoms with Crippen LogP contribution in [0.2, 0.25) is 0 Å². The van der Waals surface area contributed by atoms with Crippen LogP contribution in [0.3, 0.4) is 0 Å². The first kappa shape index (κ1) is 14.0. The van der Waals surface area contributed by atoms with E-state index < -0.39 is 0 Å². The van der Waals surface area contributed by atoms with E-state index in [0.29, 0.717) is 17.8 Å². The van der Waals surface area contributed by atoms with E-state index >= 15 is 0 Å². The molecule has 22 heavy (non-hydrogen) atoms. The fraction of sp³-hybridized carbons (Fsp3) is 0.500. The third-order valence-corrected chi connectivity index (χ3v) is 5.35. The normalized spacial score (nSPS) is 27.0. The van der Waals surface area contributed by atoms with Gasteiger partial charge in [0.05, 0.1) is 0 Å². The van der Waals surface area contributed by atoms with Gasteiger partial charge in [-0.25, -0.2) is 4.98 Å². The fourth-order valence-electron chi connectivity index (χ4n) is 3.48. The number of piperidine rings is 1. The number of hydrogen-bond acceptors (Lipinski definition) is 5. The van der Waals surface area contributed by atoms with E-state index in [1.54, 1.807) is 5.38 Å². The number of rotatable bonds is 3. The maximum absolute atomic E-state index is 12.4. The maximum Gasteiger partial charge on any atom is 0.270 e. The van der Waals surface area contributed by atoms with E-state index in [1.807, 2.05) is 19.1 Å². The molecular weight excluding hydrogens is 298 g/mol. The smallest absolute Gasteiger partial charge is 0.270 e. The quantitative estimate of drug-likeness (QED) is 0.913. The Morgan fingerprint density at radius 2 is 2.14 bits per heavy atom. The third-order valence-electron chi connectivity index (χ3n) is 4.50. The summed E-state index contributed by atoms with van der Waals surface area (Å²) in [6.07, 6.45) is 4.51. The molecule has 2 fully saturated rings. The molecule has 2 aromatic rings. The number of thiazole rings is 1. The minimum atomic E-state index is -0.0721. The Morgan fingerprint density at radius 3 is 2.82 bits per heavy atom. The van der Waals surface area contributed by atoms with Crippen LogP contribution in [0.5, 0.6) is 0 Å². The average molecular weight is 317 g/mol. The second-order valence-electron chi connectivity index (χ2n) is 6.23. The summed E-state index contributed by atoms with van der Waals surface area (Å²) in [7, 11) is 0. The number of aromatic nitrogens is 1. The molecule has 0 radical (unpaired) electrons. The van der Waals surface area contributed by atoms with Gasteiger partial charge in [-0.1, -0.05) is 0 Å². The highest BCUT2D eigenvalue weighted by Crippen LogP contribution is 2.28. The van der Waals surface area contributed by atoms with Crippen molar-refractivity contribution < 1.29 is 9.21 Å². The van der Waals surface area contributed by atoms with Gasteiger partial charge in [-0.05, 0) is 44.7 Å². The molecule has 2 aliphatic rings. The van der Waals surface area contributed by atoms with Crippen LogP contribution in [0.1, 0.15) is 41.9 Å². The number of aryl methyl sites for hydroxylation is 1. The molecule has 4 heterocycles. The van der Waals surface area contributed by atoms with Gasteiger partial charge in [0.15, 0.2) is 10.8 Å². The van der Waals surface area contributed by atoms with Crippen LogP contribution >= 0.6 is 11.3 Å². The highest BCUT2D eigenvalue weighted by molar-refractivity contribution is 7.13. The summed E-state index contributed by atoms with van der Waals surface area (Å²) in [5, 5.41) is 9.28. The molecule has 2 bridgehead atoms. The first-order chi connectivity index (χ1) is 10.7. The molecule has 2 atom stereocenters. The molecule has 0 aromatic carbocycles. The second kappa shape index (κ2) is 5.52. The van der Waals surface area contributed by atoms with E-state index in [9.17, 15) is 4.79 Å². The van der Waals surface area contributed by atoms with Gasteiger partial charge >= 0.3 is 0 Å². The molecule has 2 N–H and O–H groups in total. The highest BCUT2D eigenvalue weighted by atomic mass is 32.1. The Hall–Kier alpha value is -1.66. The predicted molar refractivity (Wildman–Crippen MR) is 85.0 cm³/mol. The average Bonchev–Trinajstić information content (AvgIpc) is 3.19. The number of fused-ring (bicyclic) bond motifs is 2. The number of amides is 1. The standard InChI is InChI=1S/C16H19N3O2S/c1-9-2-5-14(21-9)16-19-13(8-22-16)15(20)18-12-6-10-3-4-11(7-12)17-10/h2,5,8,10-12,17H,3-4,6-7H2,1H3,(H,18,20). The summed E-state index contributed by atoms with van der Waals surface area (Å²) in [6.45, 7) is 1.90. The van der Waals surface area contributed by atoms with Crippen LogP contribution in [0.25, 0.3) is 10.8 Å². The molecule has 0 spiro atoms. The monoisotopic (exact) mass is 317 g/mol. The maximum atomic E-state index is 12.4. The summed E-state index contributed by atoms with van der Waals surface area (Å²) < 4.78 is 5.56. The Labute approximate surface area is 133 Å². The number of hydrogen-bond donors (Lipinski definition) is 2. The minimum Gasteiger partial charge on any atom is -0.459 e. The van der Waals surface area contributed by atoms with Crippen molar-refractivity contribution in [1.29, 1.82) is 0 Å². The topological polar surface area (TPSA) is 67.2 Å². The van der Waals surface area contributed by atoms with Crippen molar-refractivity contribution in [3.05, 3.63) is 29.0 Å². The van der Waals surface area contributed by atoms with Crippen LogP contribution in [-0.4, -0.2) is 29.0 Å². The van der Waals surface area contributed by atoms with E-state index in [0.717, 1.165) is 29.4 Å². The van der Waals surface area contributed by atoms with Crippen molar-refractivity contribution in [2.75, 3.05) is 0 Å². The lowest BCUT2D eigenvalue weighted by Crippen LogP contribution is -2.48. The van der Waals surface area contributed by atoms with Crippen molar-refractivity contribution >= 4 is 17.2 Å². The van der Waals surface area contributed by atoms with Crippen molar-refractivity contribution in [3.63, 3.8) is 0 Å². The molecule has 2 saturated heterocycles. The summed E-state index contributed by atoms with van der Waals surface area (Å²) in [5.74, 6) is 1.50. The SMILES string of the molecule is Cc1ccc(-c2nc(C(=O)NC3CC4CCC(C3)N4)cs2)o1. The van der Waals surface area contributed by atoms with Gasteiger partial charge in [0.1, 0.15) is 11.5 Å². The fourth-order valence-corrected chi connectivity index (χ4v) is 4.24. The van der Waals surface area contributed by atoms with Crippen LogP contribution in [0.15, 0.2) is 21.9 Å². The third kappa shape index (κ3) is 2.68. The Kier molecular flexibility index (Phi) is 3.50. The number of nitrogens with zero attached hydrogens (tertiary/aromatic N) is 1. The predicted octanol–water partition coefficient (Wildman–Crippen LogP) is 2.72. The number of furan rings is 1. The Morgan fingerprint density at radius 1 is 1.36 bits per heavy atom. The van der Waals surface area contributed by atoms with Crippen LogP contribution < -0.4 is 10.6 Å². The summed E-state index contributed by atoms with van der Waals surface area (Å²) in [4.78, 5) is 16.8. The zero-order chi connectivity index (χ0) is 15.1.